The van der Waals surface area contributed by atoms with Gasteiger partial charge < -0.3 is 10.6 Å². The van der Waals surface area contributed by atoms with Crippen LogP contribution in [0.3, 0.4) is 0 Å². The Hall–Kier alpha value is -1.92. The Morgan fingerprint density at radius 1 is 1.33 bits per heavy atom. The molecule has 0 bridgehead atoms. The van der Waals surface area contributed by atoms with Gasteiger partial charge in [-0.05, 0) is 13.3 Å². The summed E-state index contributed by atoms with van der Waals surface area (Å²) in [6.45, 7) is 10.2. The topological polar surface area (TPSA) is 99.8 Å². The highest BCUT2D eigenvalue weighted by molar-refractivity contribution is 5.90. The van der Waals surface area contributed by atoms with Crippen LogP contribution in [-0.2, 0) is 10.2 Å². The minimum Gasteiger partial charge on any atom is -0.354 e. The first-order chi connectivity index (χ1) is 9.74. The van der Waals surface area contributed by atoms with Crippen molar-refractivity contribution < 1.29 is 9.59 Å². The summed E-state index contributed by atoms with van der Waals surface area (Å²) < 4.78 is 0. The lowest BCUT2D eigenvalue weighted by Crippen LogP contribution is -2.35. The third-order valence-electron chi connectivity index (χ3n) is 3.06. The first-order valence-electron chi connectivity index (χ1n) is 7.24. The molecule has 0 aliphatic rings. The Morgan fingerprint density at radius 3 is 2.52 bits per heavy atom. The first kappa shape index (κ1) is 17.1. The van der Waals surface area contributed by atoms with Crippen LogP contribution in [0.2, 0.25) is 0 Å². The maximum absolute atomic E-state index is 11.9. The Labute approximate surface area is 125 Å². The van der Waals surface area contributed by atoms with Crippen molar-refractivity contribution in [2.24, 2.45) is 0 Å². The fourth-order valence-corrected chi connectivity index (χ4v) is 1.52. The molecule has 1 atom stereocenters. The normalized spacial score (nSPS) is 12.8. The number of hydrogen-bond donors (Lipinski definition) is 3. The molecule has 0 radical (unpaired) electrons. The van der Waals surface area contributed by atoms with Gasteiger partial charge in [-0.2, -0.15) is 0 Å². The standard InChI is InChI=1S/C14H25N5O2/c1-6-9(2)16-10(20)7-8-15-12(21)11-17-13(19-18-11)14(3,4)5/h9H,6-8H2,1-5H3,(H,15,21)(H,16,20)(H,17,18,19). The smallest absolute Gasteiger partial charge is 0.290 e. The summed E-state index contributed by atoms with van der Waals surface area (Å²) in [6, 6.07) is 0.149. The lowest BCUT2D eigenvalue weighted by Gasteiger charge is -2.12. The first-order valence-corrected chi connectivity index (χ1v) is 7.24. The molecule has 7 heteroatoms. The molecule has 0 aromatic carbocycles. The van der Waals surface area contributed by atoms with Gasteiger partial charge in [-0.1, -0.05) is 27.7 Å². The van der Waals surface area contributed by atoms with Crippen LogP contribution in [0.15, 0.2) is 0 Å². The second kappa shape index (κ2) is 7.19. The van der Waals surface area contributed by atoms with Crippen molar-refractivity contribution in [2.75, 3.05) is 6.54 Å². The fourth-order valence-electron chi connectivity index (χ4n) is 1.52. The monoisotopic (exact) mass is 295 g/mol. The maximum atomic E-state index is 11.9. The van der Waals surface area contributed by atoms with E-state index in [0.29, 0.717) is 5.82 Å². The van der Waals surface area contributed by atoms with Crippen molar-refractivity contribution >= 4 is 11.8 Å². The minimum atomic E-state index is -0.377. The van der Waals surface area contributed by atoms with E-state index in [1.165, 1.54) is 0 Å². The summed E-state index contributed by atoms with van der Waals surface area (Å²) in [7, 11) is 0. The molecule has 0 saturated heterocycles. The summed E-state index contributed by atoms with van der Waals surface area (Å²) >= 11 is 0. The number of amides is 2. The number of carbonyl (C=O) groups excluding carboxylic acids is 2. The quantitative estimate of drug-likeness (QED) is 0.732. The maximum Gasteiger partial charge on any atom is 0.290 e. The molecular formula is C14H25N5O2. The highest BCUT2D eigenvalue weighted by Gasteiger charge is 2.21. The van der Waals surface area contributed by atoms with Crippen LogP contribution in [0, 0.1) is 0 Å². The molecule has 1 rings (SSSR count). The number of hydrogen-bond acceptors (Lipinski definition) is 4. The van der Waals surface area contributed by atoms with Crippen molar-refractivity contribution in [3.05, 3.63) is 11.6 Å². The van der Waals surface area contributed by atoms with E-state index < -0.39 is 0 Å². The Bertz CT molecular complexity index is 490. The van der Waals surface area contributed by atoms with Gasteiger partial charge in [0.25, 0.3) is 5.91 Å². The van der Waals surface area contributed by atoms with Gasteiger partial charge in [0, 0.05) is 24.4 Å². The van der Waals surface area contributed by atoms with E-state index in [1.54, 1.807) is 0 Å². The predicted octanol–water partition coefficient (Wildman–Crippen LogP) is 1.14. The van der Waals surface area contributed by atoms with Gasteiger partial charge in [-0.3, -0.25) is 14.7 Å². The van der Waals surface area contributed by atoms with Gasteiger partial charge in [-0.15, -0.1) is 5.10 Å². The Morgan fingerprint density at radius 2 is 2.00 bits per heavy atom. The van der Waals surface area contributed by atoms with E-state index in [9.17, 15) is 9.59 Å². The molecule has 1 aromatic rings. The zero-order valence-corrected chi connectivity index (χ0v) is 13.4. The second-order valence-electron chi connectivity index (χ2n) is 6.14. The number of H-pyrrole nitrogens is 1. The van der Waals surface area contributed by atoms with Crippen LogP contribution >= 0.6 is 0 Å². The lowest BCUT2D eigenvalue weighted by molar-refractivity contribution is -0.121. The van der Waals surface area contributed by atoms with E-state index in [-0.39, 0.29) is 42.1 Å². The number of nitrogens with zero attached hydrogens (tertiary/aromatic N) is 2. The molecule has 3 N–H and O–H groups in total. The number of aromatic amines is 1. The van der Waals surface area contributed by atoms with E-state index in [1.807, 2.05) is 34.6 Å². The molecule has 21 heavy (non-hydrogen) atoms. The van der Waals surface area contributed by atoms with Gasteiger partial charge in [0.1, 0.15) is 5.82 Å². The summed E-state index contributed by atoms with van der Waals surface area (Å²) in [5, 5.41) is 12.1. The molecule has 1 aromatic heterocycles. The van der Waals surface area contributed by atoms with Crippen molar-refractivity contribution in [3.63, 3.8) is 0 Å². The largest absolute Gasteiger partial charge is 0.354 e. The summed E-state index contributed by atoms with van der Waals surface area (Å²) in [6.07, 6.45) is 1.12. The van der Waals surface area contributed by atoms with Gasteiger partial charge in [0.2, 0.25) is 11.7 Å². The summed E-state index contributed by atoms with van der Waals surface area (Å²) in [5.41, 5.74) is -0.193. The van der Waals surface area contributed by atoms with Crippen LogP contribution in [-0.4, -0.2) is 39.6 Å². The number of aromatic nitrogens is 3. The zero-order chi connectivity index (χ0) is 16.0. The van der Waals surface area contributed by atoms with Crippen molar-refractivity contribution in [2.45, 2.75) is 58.9 Å². The van der Waals surface area contributed by atoms with Gasteiger partial charge in [0.05, 0.1) is 0 Å². The third kappa shape index (κ3) is 5.53. The predicted molar refractivity (Wildman–Crippen MR) is 79.9 cm³/mol. The molecule has 118 valence electrons. The molecule has 1 heterocycles. The van der Waals surface area contributed by atoms with Crippen molar-refractivity contribution in [1.82, 2.24) is 25.8 Å². The molecule has 0 spiro atoms. The third-order valence-corrected chi connectivity index (χ3v) is 3.06. The minimum absolute atomic E-state index is 0.0741. The van der Waals surface area contributed by atoms with Crippen LogP contribution in [0.4, 0.5) is 0 Å². The molecule has 0 fully saturated rings. The Kier molecular flexibility index (Phi) is 5.87. The van der Waals surface area contributed by atoms with Crippen LogP contribution in [0.1, 0.15) is 63.9 Å². The van der Waals surface area contributed by atoms with Crippen molar-refractivity contribution in [3.8, 4) is 0 Å². The van der Waals surface area contributed by atoms with Crippen molar-refractivity contribution in [1.29, 1.82) is 0 Å². The average Bonchev–Trinajstić information content (AvgIpc) is 2.87. The van der Waals surface area contributed by atoms with Gasteiger partial charge in [-0.25, -0.2) is 4.98 Å². The SMILES string of the molecule is CCC(C)NC(=O)CCNC(=O)c1n[nH]c(C(C)(C)C)n1. The van der Waals surface area contributed by atoms with Gasteiger partial charge in [0.15, 0.2) is 0 Å². The highest BCUT2D eigenvalue weighted by Crippen LogP contribution is 2.17. The Balaban J connectivity index is 2.41. The second-order valence-corrected chi connectivity index (χ2v) is 6.14. The fraction of sp³-hybridized carbons (Fsp3) is 0.714. The molecule has 0 aliphatic carbocycles. The van der Waals surface area contributed by atoms with Crippen LogP contribution in [0.5, 0.6) is 0 Å². The highest BCUT2D eigenvalue weighted by atomic mass is 16.2. The molecule has 0 aliphatic heterocycles. The zero-order valence-electron chi connectivity index (χ0n) is 13.4. The molecular weight excluding hydrogens is 270 g/mol. The number of rotatable bonds is 6. The molecule has 1 unspecified atom stereocenters. The van der Waals surface area contributed by atoms with E-state index in [2.05, 4.69) is 25.8 Å². The summed E-state index contributed by atoms with van der Waals surface area (Å²) in [4.78, 5) is 27.6. The van der Waals surface area contributed by atoms with Crippen LogP contribution < -0.4 is 10.6 Å². The summed E-state index contributed by atoms with van der Waals surface area (Å²) in [5.74, 6) is 0.303. The lowest BCUT2D eigenvalue weighted by atomic mass is 9.96. The van der Waals surface area contributed by atoms with E-state index in [4.69, 9.17) is 0 Å². The average molecular weight is 295 g/mol. The van der Waals surface area contributed by atoms with Gasteiger partial charge >= 0.3 is 0 Å². The molecule has 7 nitrogen and oxygen atoms in total. The number of nitrogens with one attached hydrogen (secondary N) is 3. The molecule has 0 saturated carbocycles. The van der Waals surface area contributed by atoms with Crippen LogP contribution in [0.25, 0.3) is 0 Å². The number of carbonyl (C=O) groups is 2. The molecule has 2 amide bonds. The van der Waals surface area contributed by atoms with E-state index in [0.717, 1.165) is 6.42 Å². The van der Waals surface area contributed by atoms with E-state index >= 15 is 0 Å².